The molecule has 0 radical (unpaired) electrons. The van der Waals surface area contributed by atoms with E-state index in [1.54, 1.807) is 19.2 Å². The number of nitrogens with zero attached hydrogens (tertiary/aromatic N) is 2. The molecule has 0 spiro atoms. The molecule has 1 amide bonds. The van der Waals surface area contributed by atoms with Crippen LogP contribution in [0.15, 0.2) is 24.3 Å². The van der Waals surface area contributed by atoms with E-state index in [9.17, 15) is 4.79 Å². The van der Waals surface area contributed by atoms with Crippen LogP contribution in [0.25, 0.3) is 0 Å². The van der Waals surface area contributed by atoms with Crippen LogP contribution in [0.1, 0.15) is 10.4 Å². The molecule has 2 rings (SSSR count). The summed E-state index contributed by atoms with van der Waals surface area (Å²) in [5, 5.41) is 0.601. The monoisotopic (exact) mass is 282 g/mol. The topological polar surface area (TPSA) is 32.8 Å². The fourth-order valence-electron chi connectivity index (χ4n) is 2.20. The Labute approximate surface area is 118 Å². The molecule has 0 N–H and O–H groups in total. The molecule has 1 aliphatic rings. The van der Waals surface area contributed by atoms with E-state index in [4.69, 9.17) is 16.3 Å². The number of benzene rings is 1. The molecule has 0 aromatic heterocycles. The lowest BCUT2D eigenvalue weighted by molar-refractivity contribution is 0.0594. The van der Waals surface area contributed by atoms with Crippen LogP contribution in [0, 0.1) is 0 Å². The highest BCUT2D eigenvalue weighted by Gasteiger charge is 2.21. The third-order valence-corrected chi connectivity index (χ3v) is 3.58. The molecule has 0 atom stereocenters. The number of halogens is 1. The number of rotatable bonds is 4. The van der Waals surface area contributed by atoms with E-state index in [1.807, 2.05) is 17.0 Å². The summed E-state index contributed by atoms with van der Waals surface area (Å²) in [6.45, 7) is 4.98. The molecule has 1 fully saturated rings. The lowest BCUT2D eigenvalue weighted by Crippen LogP contribution is -2.49. The Morgan fingerprint density at radius 2 is 2.05 bits per heavy atom. The van der Waals surface area contributed by atoms with Gasteiger partial charge in [-0.1, -0.05) is 17.7 Å². The largest absolute Gasteiger partial charge is 0.383 e. The van der Waals surface area contributed by atoms with Crippen molar-refractivity contribution in [2.24, 2.45) is 0 Å². The zero-order valence-corrected chi connectivity index (χ0v) is 11.9. The number of hydrogen-bond acceptors (Lipinski definition) is 3. The van der Waals surface area contributed by atoms with Gasteiger partial charge in [-0.25, -0.2) is 0 Å². The number of piperazine rings is 1. The van der Waals surface area contributed by atoms with Crippen molar-refractivity contribution in [2.45, 2.75) is 0 Å². The standard InChI is InChI=1S/C14H19ClN2O2/c1-19-10-9-16-5-7-17(8-6-16)14(18)12-3-2-4-13(15)11-12/h2-4,11H,5-10H2,1H3. The summed E-state index contributed by atoms with van der Waals surface area (Å²) >= 11 is 5.92. The maximum atomic E-state index is 12.3. The van der Waals surface area contributed by atoms with E-state index in [0.717, 1.165) is 39.3 Å². The Kier molecular flexibility index (Phi) is 5.19. The van der Waals surface area contributed by atoms with Crippen LogP contribution < -0.4 is 0 Å². The summed E-state index contributed by atoms with van der Waals surface area (Å²) in [6, 6.07) is 7.12. The summed E-state index contributed by atoms with van der Waals surface area (Å²) in [5.74, 6) is 0.0638. The van der Waals surface area contributed by atoms with Crippen LogP contribution in [-0.2, 0) is 4.74 Å². The first-order chi connectivity index (χ1) is 9.20. The Morgan fingerprint density at radius 3 is 2.68 bits per heavy atom. The summed E-state index contributed by atoms with van der Waals surface area (Å²) in [7, 11) is 1.71. The first-order valence-electron chi connectivity index (χ1n) is 6.47. The molecule has 19 heavy (non-hydrogen) atoms. The predicted molar refractivity (Wildman–Crippen MR) is 75.7 cm³/mol. The average Bonchev–Trinajstić information content (AvgIpc) is 2.45. The minimum absolute atomic E-state index is 0.0638. The van der Waals surface area contributed by atoms with Gasteiger partial charge in [-0.05, 0) is 18.2 Å². The fourth-order valence-corrected chi connectivity index (χ4v) is 2.39. The van der Waals surface area contributed by atoms with Crippen molar-refractivity contribution < 1.29 is 9.53 Å². The molecule has 1 aromatic carbocycles. The summed E-state index contributed by atoms with van der Waals surface area (Å²) < 4.78 is 5.06. The third-order valence-electron chi connectivity index (χ3n) is 3.34. The second-order valence-electron chi connectivity index (χ2n) is 4.64. The van der Waals surface area contributed by atoms with E-state index in [2.05, 4.69) is 4.90 Å². The zero-order chi connectivity index (χ0) is 13.7. The quantitative estimate of drug-likeness (QED) is 0.843. The zero-order valence-electron chi connectivity index (χ0n) is 11.1. The van der Waals surface area contributed by atoms with E-state index >= 15 is 0 Å². The van der Waals surface area contributed by atoms with Crippen LogP contribution in [-0.4, -0.2) is 62.1 Å². The molecule has 104 valence electrons. The Morgan fingerprint density at radius 1 is 1.32 bits per heavy atom. The lowest BCUT2D eigenvalue weighted by Gasteiger charge is -2.34. The normalized spacial score (nSPS) is 16.6. The molecule has 0 aliphatic carbocycles. The minimum Gasteiger partial charge on any atom is -0.383 e. The Bertz CT molecular complexity index is 431. The molecule has 1 saturated heterocycles. The number of methoxy groups -OCH3 is 1. The summed E-state index contributed by atoms with van der Waals surface area (Å²) in [4.78, 5) is 16.5. The van der Waals surface area contributed by atoms with E-state index < -0.39 is 0 Å². The highest BCUT2D eigenvalue weighted by Crippen LogP contribution is 2.14. The van der Waals surface area contributed by atoms with Crippen molar-refractivity contribution >= 4 is 17.5 Å². The third kappa shape index (κ3) is 3.93. The van der Waals surface area contributed by atoms with Crippen molar-refractivity contribution in [1.82, 2.24) is 9.80 Å². The van der Waals surface area contributed by atoms with E-state index in [-0.39, 0.29) is 5.91 Å². The molecular weight excluding hydrogens is 264 g/mol. The molecule has 5 heteroatoms. The first kappa shape index (κ1) is 14.3. The molecule has 0 saturated carbocycles. The highest BCUT2D eigenvalue weighted by atomic mass is 35.5. The van der Waals surface area contributed by atoms with Crippen LogP contribution >= 0.6 is 11.6 Å². The van der Waals surface area contributed by atoms with Gasteiger partial charge in [0.1, 0.15) is 0 Å². The molecular formula is C14H19ClN2O2. The van der Waals surface area contributed by atoms with Gasteiger partial charge in [0.2, 0.25) is 0 Å². The van der Waals surface area contributed by atoms with Crippen molar-refractivity contribution in [3.05, 3.63) is 34.9 Å². The number of carbonyl (C=O) groups excluding carboxylic acids is 1. The summed E-state index contributed by atoms with van der Waals surface area (Å²) in [6.07, 6.45) is 0. The minimum atomic E-state index is 0.0638. The van der Waals surface area contributed by atoms with Gasteiger partial charge >= 0.3 is 0 Å². The molecule has 0 unspecified atom stereocenters. The number of ether oxygens (including phenoxy) is 1. The first-order valence-corrected chi connectivity index (χ1v) is 6.84. The van der Waals surface area contributed by atoms with Crippen LogP contribution in [0.2, 0.25) is 5.02 Å². The van der Waals surface area contributed by atoms with Crippen LogP contribution in [0.5, 0.6) is 0 Å². The van der Waals surface area contributed by atoms with E-state index in [0.29, 0.717) is 10.6 Å². The molecule has 0 bridgehead atoms. The van der Waals surface area contributed by atoms with Gasteiger partial charge in [0, 0.05) is 50.4 Å². The maximum Gasteiger partial charge on any atom is 0.253 e. The van der Waals surface area contributed by atoms with Gasteiger partial charge in [0.15, 0.2) is 0 Å². The van der Waals surface area contributed by atoms with Gasteiger partial charge in [-0.15, -0.1) is 0 Å². The second kappa shape index (κ2) is 6.89. The lowest BCUT2D eigenvalue weighted by atomic mass is 10.2. The number of carbonyl (C=O) groups is 1. The molecule has 4 nitrogen and oxygen atoms in total. The van der Waals surface area contributed by atoms with Crippen LogP contribution in [0.4, 0.5) is 0 Å². The van der Waals surface area contributed by atoms with Crippen molar-refractivity contribution in [3.8, 4) is 0 Å². The molecule has 1 aliphatic heterocycles. The SMILES string of the molecule is COCCN1CCN(C(=O)c2cccc(Cl)c2)CC1. The van der Waals surface area contributed by atoms with Gasteiger partial charge in [0.25, 0.3) is 5.91 Å². The fraction of sp³-hybridized carbons (Fsp3) is 0.500. The van der Waals surface area contributed by atoms with E-state index in [1.165, 1.54) is 0 Å². The average molecular weight is 283 g/mol. The smallest absolute Gasteiger partial charge is 0.253 e. The maximum absolute atomic E-state index is 12.3. The van der Waals surface area contributed by atoms with Gasteiger partial charge in [0.05, 0.1) is 6.61 Å². The second-order valence-corrected chi connectivity index (χ2v) is 5.07. The molecule has 1 heterocycles. The summed E-state index contributed by atoms with van der Waals surface area (Å²) in [5.41, 5.74) is 0.665. The molecule has 1 aromatic rings. The number of amides is 1. The predicted octanol–water partition coefficient (Wildman–Crippen LogP) is 1.74. The van der Waals surface area contributed by atoms with Crippen LogP contribution in [0.3, 0.4) is 0 Å². The van der Waals surface area contributed by atoms with Gasteiger partial charge in [-0.3, -0.25) is 9.69 Å². The van der Waals surface area contributed by atoms with Crippen molar-refractivity contribution in [3.63, 3.8) is 0 Å². The number of hydrogen-bond donors (Lipinski definition) is 0. The van der Waals surface area contributed by atoms with Crippen molar-refractivity contribution in [1.29, 1.82) is 0 Å². The van der Waals surface area contributed by atoms with Gasteiger partial charge < -0.3 is 9.64 Å². The Hall–Kier alpha value is -1.10. The Balaban J connectivity index is 1.89. The van der Waals surface area contributed by atoms with Gasteiger partial charge in [-0.2, -0.15) is 0 Å². The highest BCUT2D eigenvalue weighted by molar-refractivity contribution is 6.30. The van der Waals surface area contributed by atoms with Crippen molar-refractivity contribution in [2.75, 3.05) is 46.4 Å².